The Labute approximate surface area is 88.2 Å². The summed E-state index contributed by atoms with van der Waals surface area (Å²) in [6.45, 7) is 1.33. The predicted molar refractivity (Wildman–Crippen MR) is 53.3 cm³/mol. The van der Waals surface area contributed by atoms with Gasteiger partial charge in [-0.05, 0) is 22.6 Å². The van der Waals surface area contributed by atoms with E-state index in [0.29, 0.717) is 14.5 Å². The second-order valence-corrected chi connectivity index (χ2v) is 3.49. The second-order valence-electron chi connectivity index (χ2n) is 2.04. The van der Waals surface area contributed by atoms with Crippen LogP contribution in [0.25, 0.3) is 0 Å². The first kappa shape index (κ1) is 9.73. The molecule has 12 heavy (non-hydrogen) atoms. The van der Waals surface area contributed by atoms with Crippen LogP contribution in [0.1, 0.15) is 6.92 Å². The molecule has 0 unspecified atom stereocenters. The SMILES string of the molecule is CC(=O)Oc1cc(Cl)cnc1I. The third-order valence-corrected chi connectivity index (χ3v) is 2.04. The Bertz CT molecular complexity index is 316. The van der Waals surface area contributed by atoms with E-state index < -0.39 is 0 Å². The highest BCUT2D eigenvalue weighted by atomic mass is 127. The Kier molecular flexibility index (Phi) is 3.28. The van der Waals surface area contributed by atoms with Gasteiger partial charge in [0.2, 0.25) is 0 Å². The molecule has 0 atom stereocenters. The fraction of sp³-hybridized carbons (Fsp3) is 0.143. The molecule has 0 radical (unpaired) electrons. The Hall–Kier alpha value is -0.360. The van der Waals surface area contributed by atoms with Gasteiger partial charge in [-0.3, -0.25) is 4.79 Å². The van der Waals surface area contributed by atoms with Gasteiger partial charge in [-0.2, -0.15) is 0 Å². The van der Waals surface area contributed by atoms with Crippen LogP contribution in [-0.4, -0.2) is 11.0 Å². The van der Waals surface area contributed by atoms with E-state index >= 15 is 0 Å². The van der Waals surface area contributed by atoms with E-state index in [9.17, 15) is 4.79 Å². The Morgan fingerprint density at radius 2 is 2.42 bits per heavy atom. The van der Waals surface area contributed by atoms with Gasteiger partial charge in [-0.1, -0.05) is 11.6 Å². The Balaban J connectivity index is 2.97. The van der Waals surface area contributed by atoms with Crippen molar-refractivity contribution >= 4 is 40.2 Å². The zero-order valence-electron chi connectivity index (χ0n) is 6.17. The van der Waals surface area contributed by atoms with E-state index in [1.54, 1.807) is 6.07 Å². The van der Waals surface area contributed by atoms with Crippen molar-refractivity contribution in [2.24, 2.45) is 0 Å². The lowest BCUT2D eigenvalue weighted by atomic mass is 10.5. The van der Waals surface area contributed by atoms with Gasteiger partial charge in [-0.15, -0.1) is 0 Å². The van der Waals surface area contributed by atoms with E-state index in [0.717, 1.165) is 0 Å². The lowest BCUT2D eigenvalue weighted by Crippen LogP contribution is -2.03. The minimum absolute atomic E-state index is 0.378. The van der Waals surface area contributed by atoms with Crippen molar-refractivity contribution < 1.29 is 9.53 Å². The maximum atomic E-state index is 10.6. The van der Waals surface area contributed by atoms with E-state index in [1.807, 2.05) is 22.6 Å². The number of rotatable bonds is 1. The van der Waals surface area contributed by atoms with Gasteiger partial charge < -0.3 is 4.74 Å². The van der Waals surface area contributed by atoms with Gasteiger partial charge in [-0.25, -0.2) is 4.98 Å². The van der Waals surface area contributed by atoms with Crippen LogP contribution in [0.4, 0.5) is 0 Å². The highest BCUT2D eigenvalue weighted by molar-refractivity contribution is 14.1. The maximum Gasteiger partial charge on any atom is 0.308 e. The summed E-state index contributed by atoms with van der Waals surface area (Å²) in [7, 11) is 0. The molecule has 0 amide bonds. The van der Waals surface area contributed by atoms with Crippen molar-refractivity contribution in [1.29, 1.82) is 0 Å². The molecule has 5 heteroatoms. The quantitative estimate of drug-likeness (QED) is 0.453. The number of hydrogen-bond donors (Lipinski definition) is 0. The maximum absolute atomic E-state index is 10.6. The molecule has 0 N–H and O–H groups in total. The minimum atomic E-state index is -0.378. The summed E-state index contributed by atoms with van der Waals surface area (Å²) in [6, 6.07) is 1.55. The van der Waals surface area contributed by atoms with Crippen molar-refractivity contribution in [3.8, 4) is 5.75 Å². The van der Waals surface area contributed by atoms with Crippen LogP contribution < -0.4 is 4.74 Å². The van der Waals surface area contributed by atoms with Crippen LogP contribution in [0.3, 0.4) is 0 Å². The molecule has 0 bridgehead atoms. The molecule has 1 aromatic rings. The average Bonchev–Trinajstić information content (AvgIpc) is 1.96. The molecule has 0 aliphatic rings. The number of aromatic nitrogens is 1. The number of carbonyl (C=O) groups is 1. The van der Waals surface area contributed by atoms with Crippen LogP contribution in [-0.2, 0) is 4.79 Å². The lowest BCUT2D eigenvalue weighted by molar-refractivity contribution is -0.131. The Morgan fingerprint density at radius 3 is 3.00 bits per heavy atom. The molecule has 3 nitrogen and oxygen atoms in total. The largest absolute Gasteiger partial charge is 0.424 e. The molecule has 0 fully saturated rings. The van der Waals surface area contributed by atoms with E-state index in [2.05, 4.69) is 4.98 Å². The van der Waals surface area contributed by atoms with Gasteiger partial charge in [0.25, 0.3) is 0 Å². The van der Waals surface area contributed by atoms with E-state index in [4.69, 9.17) is 16.3 Å². The van der Waals surface area contributed by atoms with Gasteiger partial charge in [0.15, 0.2) is 5.75 Å². The number of halogens is 2. The summed E-state index contributed by atoms with van der Waals surface area (Å²) in [6.07, 6.45) is 1.50. The van der Waals surface area contributed by atoms with Crippen molar-refractivity contribution in [2.75, 3.05) is 0 Å². The number of nitrogens with zero attached hydrogens (tertiary/aromatic N) is 1. The standard InChI is InChI=1S/C7H5ClINO2/c1-4(11)12-6-2-5(8)3-10-7(6)9/h2-3H,1H3. The molecular formula is C7H5ClINO2. The summed E-state index contributed by atoms with van der Waals surface area (Å²) in [4.78, 5) is 14.5. The highest BCUT2D eigenvalue weighted by Crippen LogP contribution is 2.22. The topological polar surface area (TPSA) is 39.2 Å². The van der Waals surface area contributed by atoms with Gasteiger partial charge in [0.05, 0.1) is 5.02 Å². The Morgan fingerprint density at radius 1 is 1.75 bits per heavy atom. The summed E-state index contributed by atoms with van der Waals surface area (Å²) in [5, 5.41) is 0.451. The van der Waals surface area contributed by atoms with Gasteiger partial charge >= 0.3 is 5.97 Å². The number of ether oxygens (including phenoxy) is 1. The van der Waals surface area contributed by atoms with Gasteiger partial charge in [0, 0.05) is 19.2 Å². The summed E-state index contributed by atoms with van der Waals surface area (Å²) >= 11 is 7.61. The average molecular weight is 297 g/mol. The number of hydrogen-bond acceptors (Lipinski definition) is 3. The molecule has 0 saturated heterocycles. The van der Waals surface area contributed by atoms with Gasteiger partial charge in [0.1, 0.15) is 3.70 Å². The smallest absolute Gasteiger partial charge is 0.308 e. The van der Waals surface area contributed by atoms with Crippen molar-refractivity contribution in [1.82, 2.24) is 4.98 Å². The zero-order chi connectivity index (χ0) is 9.14. The molecule has 1 aromatic heterocycles. The summed E-state index contributed by atoms with van der Waals surface area (Å²) in [5.74, 6) is 0.0209. The van der Waals surface area contributed by atoms with Crippen LogP contribution in [0.2, 0.25) is 5.02 Å². The third kappa shape index (κ3) is 2.60. The van der Waals surface area contributed by atoms with Crippen LogP contribution >= 0.6 is 34.2 Å². The predicted octanol–water partition coefficient (Wildman–Crippen LogP) is 2.26. The second kappa shape index (κ2) is 4.04. The van der Waals surface area contributed by atoms with Crippen LogP contribution in [0.15, 0.2) is 12.3 Å². The molecule has 0 aliphatic heterocycles. The number of pyridine rings is 1. The summed E-state index contributed by atoms with van der Waals surface area (Å²) in [5.41, 5.74) is 0. The third-order valence-electron chi connectivity index (χ3n) is 1.03. The molecule has 0 spiro atoms. The molecule has 64 valence electrons. The fourth-order valence-electron chi connectivity index (χ4n) is 0.630. The van der Waals surface area contributed by atoms with Crippen LogP contribution in [0.5, 0.6) is 5.75 Å². The zero-order valence-corrected chi connectivity index (χ0v) is 9.09. The molecule has 1 rings (SSSR count). The molecule has 1 heterocycles. The van der Waals surface area contributed by atoms with Crippen molar-refractivity contribution in [3.05, 3.63) is 21.0 Å². The number of esters is 1. The number of carbonyl (C=O) groups excluding carboxylic acids is 1. The first-order valence-corrected chi connectivity index (χ1v) is 4.54. The lowest BCUT2D eigenvalue weighted by Gasteiger charge is -2.02. The monoisotopic (exact) mass is 297 g/mol. The molecule has 0 aliphatic carbocycles. The van der Waals surface area contributed by atoms with E-state index in [1.165, 1.54) is 13.1 Å². The molecular weight excluding hydrogens is 292 g/mol. The molecule has 0 aromatic carbocycles. The van der Waals surface area contributed by atoms with Crippen molar-refractivity contribution in [3.63, 3.8) is 0 Å². The van der Waals surface area contributed by atoms with Crippen LogP contribution in [0, 0.1) is 3.70 Å². The first-order valence-electron chi connectivity index (χ1n) is 3.09. The normalized spacial score (nSPS) is 9.58. The summed E-state index contributed by atoms with van der Waals surface area (Å²) < 4.78 is 5.45. The van der Waals surface area contributed by atoms with Crippen molar-refractivity contribution in [2.45, 2.75) is 6.92 Å². The first-order chi connectivity index (χ1) is 5.59. The van der Waals surface area contributed by atoms with E-state index in [-0.39, 0.29) is 5.97 Å². The fourth-order valence-corrected chi connectivity index (χ4v) is 1.18. The highest BCUT2D eigenvalue weighted by Gasteiger charge is 2.05. The minimum Gasteiger partial charge on any atom is -0.424 e. The molecule has 0 saturated carbocycles.